The number of anilines is 1. The van der Waals surface area contributed by atoms with E-state index >= 15 is 0 Å². The molecule has 1 aliphatic rings. The van der Waals surface area contributed by atoms with E-state index in [0.29, 0.717) is 11.4 Å². The third-order valence-corrected chi connectivity index (χ3v) is 3.82. The summed E-state index contributed by atoms with van der Waals surface area (Å²) in [4.78, 5) is 24.3. The summed E-state index contributed by atoms with van der Waals surface area (Å²) < 4.78 is 6.20. The highest BCUT2D eigenvalue weighted by Crippen LogP contribution is 2.21. The molecule has 23 heavy (non-hydrogen) atoms. The zero-order chi connectivity index (χ0) is 16.2. The number of halogens is 1. The predicted octanol–water partition coefficient (Wildman–Crippen LogP) is 3.54. The zero-order valence-electron chi connectivity index (χ0n) is 12.1. The Labute approximate surface area is 141 Å². The van der Waals surface area contributed by atoms with Gasteiger partial charge in [0.25, 0.3) is 0 Å². The molecule has 2 aromatic rings. The second-order valence-electron chi connectivity index (χ2n) is 4.93. The molecule has 5 nitrogen and oxygen atoms in total. The van der Waals surface area contributed by atoms with Gasteiger partial charge in [-0.1, -0.05) is 34.1 Å². The molecule has 6 heteroatoms. The molecule has 0 spiro atoms. The topological polar surface area (TPSA) is 59.0 Å². The Kier molecular flexibility index (Phi) is 4.52. The number of rotatable bonds is 3. The first-order chi connectivity index (χ1) is 11.1. The van der Waals surface area contributed by atoms with E-state index in [1.807, 2.05) is 18.2 Å². The second-order valence-corrected chi connectivity index (χ2v) is 5.85. The Morgan fingerprint density at radius 3 is 2.43 bits per heavy atom. The van der Waals surface area contributed by atoms with Crippen LogP contribution in [0.5, 0.6) is 5.75 Å². The quantitative estimate of drug-likeness (QED) is 0.611. The lowest BCUT2D eigenvalue weighted by Crippen LogP contribution is -2.35. The summed E-state index contributed by atoms with van der Waals surface area (Å²) in [5.41, 5.74) is 0.863. The molecule has 0 saturated heterocycles. The number of hydrogen-bond acceptors (Lipinski definition) is 4. The molecule has 1 heterocycles. The van der Waals surface area contributed by atoms with Crippen molar-refractivity contribution in [1.29, 1.82) is 0 Å². The van der Waals surface area contributed by atoms with E-state index in [9.17, 15) is 9.59 Å². The van der Waals surface area contributed by atoms with Crippen molar-refractivity contribution in [2.45, 2.75) is 12.8 Å². The van der Waals surface area contributed by atoms with Crippen LogP contribution in [0.2, 0.25) is 0 Å². The molecule has 1 aliphatic heterocycles. The van der Waals surface area contributed by atoms with Crippen LogP contribution in [-0.4, -0.2) is 17.6 Å². The van der Waals surface area contributed by atoms with Gasteiger partial charge >= 0.3 is 5.97 Å². The summed E-state index contributed by atoms with van der Waals surface area (Å²) in [7, 11) is 0. The van der Waals surface area contributed by atoms with Gasteiger partial charge in [0, 0.05) is 17.3 Å². The fourth-order valence-corrected chi connectivity index (χ4v) is 2.40. The van der Waals surface area contributed by atoms with Gasteiger partial charge in [0.2, 0.25) is 5.91 Å². The minimum Gasteiger partial charge on any atom is -0.422 e. The lowest BCUT2D eigenvalue weighted by atomic mass is 10.1. The average molecular weight is 373 g/mol. The molecule has 0 bridgehead atoms. The van der Waals surface area contributed by atoms with Crippen LogP contribution in [0.25, 0.3) is 0 Å². The van der Waals surface area contributed by atoms with Crippen LogP contribution < -0.4 is 9.75 Å². The Bertz CT molecular complexity index is 757. The van der Waals surface area contributed by atoms with Gasteiger partial charge in [0.15, 0.2) is 0 Å². The number of nitrogens with zero attached hydrogens (tertiary/aromatic N) is 2. The van der Waals surface area contributed by atoms with E-state index < -0.39 is 5.97 Å². The van der Waals surface area contributed by atoms with Crippen molar-refractivity contribution in [3.8, 4) is 5.75 Å². The highest BCUT2D eigenvalue weighted by Gasteiger charge is 2.26. The molecule has 0 unspecified atom stereocenters. The third kappa shape index (κ3) is 3.65. The van der Waals surface area contributed by atoms with E-state index in [1.165, 1.54) is 5.01 Å². The van der Waals surface area contributed by atoms with Crippen molar-refractivity contribution < 1.29 is 14.3 Å². The third-order valence-electron chi connectivity index (χ3n) is 3.29. The minimum atomic E-state index is -0.541. The SMILES string of the molecule is O=C(Oc1ccc(Br)cc1)C1=NN(c2ccccc2)C(=O)CC1. The largest absolute Gasteiger partial charge is 0.422 e. The molecule has 116 valence electrons. The van der Waals surface area contributed by atoms with Gasteiger partial charge in [-0.2, -0.15) is 5.10 Å². The van der Waals surface area contributed by atoms with Crippen molar-refractivity contribution in [2.24, 2.45) is 5.10 Å². The standard InChI is InChI=1S/C17H13BrN2O3/c18-12-6-8-14(9-7-12)23-17(22)15-10-11-16(21)20(19-15)13-4-2-1-3-5-13/h1-9H,10-11H2. The second kappa shape index (κ2) is 6.75. The minimum absolute atomic E-state index is 0.142. The molecular formula is C17H13BrN2O3. The zero-order valence-corrected chi connectivity index (χ0v) is 13.7. The normalized spacial score (nSPS) is 14.4. The number of amides is 1. The number of hydrazone groups is 1. The van der Waals surface area contributed by atoms with E-state index in [0.717, 1.165) is 4.47 Å². The van der Waals surface area contributed by atoms with Gasteiger partial charge in [-0.15, -0.1) is 0 Å². The smallest absolute Gasteiger partial charge is 0.359 e. The molecule has 2 aromatic carbocycles. The van der Waals surface area contributed by atoms with E-state index in [-0.39, 0.29) is 24.5 Å². The van der Waals surface area contributed by atoms with Crippen molar-refractivity contribution >= 4 is 39.2 Å². The number of para-hydroxylation sites is 1. The van der Waals surface area contributed by atoms with Gasteiger partial charge in [-0.05, 0) is 36.4 Å². The first-order valence-corrected chi connectivity index (χ1v) is 7.86. The van der Waals surface area contributed by atoms with Crippen LogP contribution in [0.15, 0.2) is 64.2 Å². The molecule has 0 N–H and O–H groups in total. The van der Waals surface area contributed by atoms with Crippen molar-refractivity contribution in [3.05, 3.63) is 59.1 Å². The Hall–Kier alpha value is -2.47. The first-order valence-electron chi connectivity index (χ1n) is 7.07. The summed E-state index contributed by atoms with van der Waals surface area (Å²) in [6, 6.07) is 15.9. The number of benzene rings is 2. The molecule has 0 saturated carbocycles. The summed E-state index contributed by atoms with van der Waals surface area (Å²) >= 11 is 3.32. The summed E-state index contributed by atoms with van der Waals surface area (Å²) in [6.07, 6.45) is 0.501. The number of esters is 1. The molecule has 0 atom stereocenters. The highest BCUT2D eigenvalue weighted by atomic mass is 79.9. The molecule has 0 aromatic heterocycles. The van der Waals surface area contributed by atoms with Crippen molar-refractivity contribution in [3.63, 3.8) is 0 Å². The molecule has 0 aliphatic carbocycles. The van der Waals surface area contributed by atoms with Crippen LogP contribution in [0, 0.1) is 0 Å². The van der Waals surface area contributed by atoms with Crippen molar-refractivity contribution in [2.75, 3.05) is 5.01 Å². The maximum atomic E-state index is 12.2. The average Bonchev–Trinajstić information content (AvgIpc) is 2.58. The van der Waals surface area contributed by atoms with Crippen LogP contribution in [0.1, 0.15) is 12.8 Å². The maximum absolute atomic E-state index is 12.2. The Morgan fingerprint density at radius 1 is 1.04 bits per heavy atom. The fraction of sp³-hybridized carbons (Fsp3) is 0.118. The first kappa shape index (κ1) is 15.4. The fourth-order valence-electron chi connectivity index (χ4n) is 2.14. The van der Waals surface area contributed by atoms with E-state index in [4.69, 9.17) is 4.74 Å². The van der Waals surface area contributed by atoms with Crippen LogP contribution in [0.3, 0.4) is 0 Å². The van der Waals surface area contributed by atoms with Gasteiger partial charge in [0.05, 0.1) is 5.69 Å². The number of carbonyl (C=O) groups is 2. The molecule has 0 fully saturated rings. The lowest BCUT2D eigenvalue weighted by molar-refractivity contribution is -0.127. The lowest BCUT2D eigenvalue weighted by Gasteiger charge is -2.22. The molecular weight excluding hydrogens is 360 g/mol. The summed E-state index contributed by atoms with van der Waals surface area (Å²) in [5.74, 6) is -0.249. The van der Waals surface area contributed by atoms with Crippen molar-refractivity contribution in [1.82, 2.24) is 0 Å². The van der Waals surface area contributed by atoms with Crippen LogP contribution >= 0.6 is 15.9 Å². The molecule has 0 radical (unpaired) electrons. The predicted molar refractivity (Wildman–Crippen MR) is 90.4 cm³/mol. The summed E-state index contributed by atoms with van der Waals surface area (Å²) in [6.45, 7) is 0. The number of hydrogen-bond donors (Lipinski definition) is 0. The number of ether oxygens (including phenoxy) is 1. The number of carbonyl (C=O) groups excluding carboxylic acids is 2. The maximum Gasteiger partial charge on any atom is 0.359 e. The molecule has 3 rings (SSSR count). The highest BCUT2D eigenvalue weighted by molar-refractivity contribution is 9.10. The molecule has 1 amide bonds. The van der Waals surface area contributed by atoms with Gasteiger partial charge in [-0.25, -0.2) is 9.80 Å². The van der Waals surface area contributed by atoms with E-state index in [2.05, 4.69) is 21.0 Å². The van der Waals surface area contributed by atoms with Gasteiger partial charge in [0.1, 0.15) is 11.5 Å². The Morgan fingerprint density at radius 2 is 1.74 bits per heavy atom. The van der Waals surface area contributed by atoms with Gasteiger partial charge in [-0.3, -0.25) is 4.79 Å². The summed E-state index contributed by atoms with van der Waals surface area (Å²) in [5, 5.41) is 5.42. The van der Waals surface area contributed by atoms with Crippen LogP contribution in [-0.2, 0) is 9.59 Å². The van der Waals surface area contributed by atoms with Crippen LogP contribution in [0.4, 0.5) is 5.69 Å². The van der Waals surface area contributed by atoms with E-state index in [1.54, 1.807) is 36.4 Å². The monoisotopic (exact) mass is 372 g/mol. The Balaban J connectivity index is 1.80. The van der Waals surface area contributed by atoms with Gasteiger partial charge < -0.3 is 4.74 Å².